The number of hydrogen-bond donors (Lipinski definition) is 2. The van der Waals surface area contributed by atoms with Crippen molar-refractivity contribution >= 4 is 27.5 Å². The minimum absolute atomic E-state index is 0.134. The van der Waals surface area contributed by atoms with Crippen molar-refractivity contribution in [2.75, 3.05) is 0 Å². The van der Waals surface area contributed by atoms with Crippen molar-refractivity contribution in [3.05, 3.63) is 45.9 Å². The van der Waals surface area contributed by atoms with Crippen molar-refractivity contribution in [3.63, 3.8) is 0 Å². The van der Waals surface area contributed by atoms with Gasteiger partial charge in [-0.3, -0.25) is 11.3 Å². The predicted molar refractivity (Wildman–Crippen MR) is 73.3 cm³/mol. The van der Waals surface area contributed by atoms with Gasteiger partial charge in [-0.05, 0) is 43.0 Å². The molecule has 1 aromatic rings. The van der Waals surface area contributed by atoms with Crippen LogP contribution in [-0.2, 0) is 0 Å². The number of hydrogen-bond acceptors (Lipinski definition) is 2. The first kappa shape index (κ1) is 13.7. The summed E-state index contributed by atoms with van der Waals surface area (Å²) in [5.41, 5.74) is 3.92. The molecule has 16 heavy (non-hydrogen) atoms. The monoisotopic (exact) mass is 302 g/mol. The van der Waals surface area contributed by atoms with Crippen molar-refractivity contribution in [2.45, 2.75) is 25.3 Å². The first-order valence-corrected chi connectivity index (χ1v) is 6.37. The zero-order chi connectivity index (χ0) is 12.0. The summed E-state index contributed by atoms with van der Waals surface area (Å²) in [5.74, 6) is 5.55. The standard InChI is InChI=1S/C12H16BrClN2/c1-2-3-4-5-12(16-15)9-6-10(13)8-11(14)7-9/h2,6-8,12,16H,1,3-5,15H2. The maximum Gasteiger partial charge on any atom is 0.0461 e. The molecule has 4 heteroatoms. The van der Waals surface area contributed by atoms with Crippen molar-refractivity contribution in [1.29, 1.82) is 0 Å². The fraction of sp³-hybridized carbons (Fsp3) is 0.333. The largest absolute Gasteiger partial charge is 0.271 e. The van der Waals surface area contributed by atoms with Gasteiger partial charge in [0.1, 0.15) is 0 Å². The van der Waals surface area contributed by atoms with Gasteiger partial charge >= 0.3 is 0 Å². The number of nitrogens with two attached hydrogens (primary N) is 1. The van der Waals surface area contributed by atoms with Gasteiger partial charge in [0.15, 0.2) is 0 Å². The number of benzene rings is 1. The molecule has 0 saturated heterocycles. The maximum atomic E-state index is 6.00. The lowest BCUT2D eigenvalue weighted by molar-refractivity contribution is 0.501. The highest BCUT2D eigenvalue weighted by Gasteiger charge is 2.10. The van der Waals surface area contributed by atoms with Gasteiger partial charge in [-0.15, -0.1) is 6.58 Å². The van der Waals surface area contributed by atoms with Crippen LogP contribution < -0.4 is 11.3 Å². The van der Waals surface area contributed by atoms with E-state index in [0.29, 0.717) is 5.02 Å². The van der Waals surface area contributed by atoms with E-state index >= 15 is 0 Å². The Labute approximate surface area is 110 Å². The van der Waals surface area contributed by atoms with E-state index in [4.69, 9.17) is 17.4 Å². The van der Waals surface area contributed by atoms with Crippen LogP contribution >= 0.6 is 27.5 Å². The first-order valence-electron chi connectivity index (χ1n) is 5.20. The molecule has 0 bridgehead atoms. The molecule has 0 aromatic heterocycles. The Morgan fingerprint density at radius 2 is 2.25 bits per heavy atom. The van der Waals surface area contributed by atoms with E-state index in [2.05, 4.69) is 27.9 Å². The Balaban J connectivity index is 2.73. The minimum Gasteiger partial charge on any atom is -0.271 e. The Kier molecular flexibility index (Phi) is 6.06. The first-order chi connectivity index (χ1) is 7.67. The van der Waals surface area contributed by atoms with Crippen molar-refractivity contribution < 1.29 is 0 Å². The smallest absolute Gasteiger partial charge is 0.0461 e. The summed E-state index contributed by atoms with van der Waals surface area (Å²) < 4.78 is 0.971. The van der Waals surface area contributed by atoms with E-state index in [1.54, 1.807) is 0 Å². The second-order valence-corrected chi connectivity index (χ2v) is 4.99. The summed E-state index contributed by atoms with van der Waals surface area (Å²) >= 11 is 9.42. The van der Waals surface area contributed by atoms with Crippen LogP contribution in [0.15, 0.2) is 35.3 Å². The molecular weight excluding hydrogens is 288 g/mol. The topological polar surface area (TPSA) is 38.0 Å². The third kappa shape index (κ3) is 4.26. The molecule has 1 aromatic carbocycles. The van der Waals surface area contributed by atoms with E-state index in [0.717, 1.165) is 29.3 Å². The molecule has 1 unspecified atom stereocenters. The van der Waals surface area contributed by atoms with Gasteiger partial charge in [-0.25, -0.2) is 0 Å². The number of rotatable bonds is 6. The maximum absolute atomic E-state index is 6.00. The van der Waals surface area contributed by atoms with Gasteiger partial charge in [0.05, 0.1) is 0 Å². The molecule has 0 amide bonds. The van der Waals surface area contributed by atoms with Gasteiger partial charge < -0.3 is 0 Å². The SMILES string of the molecule is C=CCCCC(NN)c1cc(Cl)cc(Br)c1. The quantitative estimate of drug-likeness (QED) is 0.361. The third-order valence-electron chi connectivity index (χ3n) is 2.39. The lowest BCUT2D eigenvalue weighted by atomic mass is 10.0. The van der Waals surface area contributed by atoms with Gasteiger partial charge in [0, 0.05) is 15.5 Å². The van der Waals surface area contributed by atoms with Gasteiger partial charge in [-0.1, -0.05) is 33.6 Å². The molecule has 0 saturated carbocycles. The molecule has 0 aliphatic heterocycles. The Morgan fingerprint density at radius 1 is 1.50 bits per heavy atom. The van der Waals surface area contributed by atoms with E-state index in [9.17, 15) is 0 Å². The van der Waals surface area contributed by atoms with Crippen molar-refractivity contribution in [2.24, 2.45) is 5.84 Å². The lowest BCUT2D eigenvalue weighted by Gasteiger charge is -2.16. The van der Waals surface area contributed by atoms with E-state index in [1.807, 2.05) is 24.3 Å². The molecule has 88 valence electrons. The second kappa shape index (κ2) is 7.07. The van der Waals surface area contributed by atoms with Gasteiger partial charge in [0.25, 0.3) is 0 Å². The fourth-order valence-electron chi connectivity index (χ4n) is 1.59. The number of halogens is 2. The van der Waals surface area contributed by atoms with Crippen LogP contribution in [0.5, 0.6) is 0 Å². The molecule has 0 spiro atoms. The molecule has 0 fully saturated rings. The number of hydrazine groups is 1. The molecular formula is C12H16BrClN2. The van der Waals surface area contributed by atoms with Crippen LogP contribution in [0.4, 0.5) is 0 Å². The van der Waals surface area contributed by atoms with Gasteiger partial charge in [0.2, 0.25) is 0 Å². The molecule has 0 aliphatic carbocycles. The lowest BCUT2D eigenvalue weighted by Crippen LogP contribution is -2.28. The van der Waals surface area contributed by atoms with Crippen LogP contribution in [0.25, 0.3) is 0 Å². The summed E-state index contributed by atoms with van der Waals surface area (Å²) in [7, 11) is 0. The predicted octanol–water partition coefficient (Wildman–Crippen LogP) is 3.96. The van der Waals surface area contributed by atoms with Crippen LogP contribution in [0.3, 0.4) is 0 Å². The van der Waals surface area contributed by atoms with Crippen LogP contribution in [-0.4, -0.2) is 0 Å². The molecule has 0 aliphatic rings. The summed E-state index contributed by atoms with van der Waals surface area (Å²) in [5, 5.41) is 0.716. The molecule has 1 rings (SSSR count). The Morgan fingerprint density at radius 3 is 2.81 bits per heavy atom. The zero-order valence-corrected chi connectivity index (χ0v) is 11.4. The Hall–Kier alpha value is -0.350. The molecule has 2 nitrogen and oxygen atoms in total. The zero-order valence-electron chi connectivity index (χ0n) is 9.05. The average Bonchev–Trinajstić information content (AvgIpc) is 2.23. The van der Waals surface area contributed by atoms with E-state index in [1.165, 1.54) is 0 Å². The number of nitrogens with one attached hydrogen (secondary N) is 1. The highest BCUT2D eigenvalue weighted by Crippen LogP contribution is 2.26. The molecule has 3 N–H and O–H groups in total. The van der Waals surface area contributed by atoms with E-state index in [-0.39, 0.29) is 6.04 Å². The van der Waals surface area contributed by atoms with Crippen LogP contribution in [0.2, 0.25) is 5.02 Å². The Bertz CT molecular complexity index is 335. The number of allylic oxidation sites excluding steroid dienone is 1. The highest BCUT2D eigenvalue weighted by molar-refractivity contribution is 9.10. The molecule has 0 radical (unpaired) electrons. The third-order valence-corrected chi connectivity index (χ3v) is 3.07. The molecule has 0 heterocycles. The molecule has 1 atom stereocenters. The highest BCUT2D eigenvalue weighted by atomic mass is 79.9. The fourth-order valence-corrected chi connectivity index (χ4v) is 2.48. The van der Waals surface area contributed by atoms with Gasteiger partial charge in [-0.2, -0.15) is 0 Å². The summed E-state index contributed by atoms with van der Waals surface area (Å²) in [6, 6.07) is 5.97. The number of unbranched alkanes of at least 4 members (excludes halogenated alkanes) is 1. The summed E-state index contributed by atoms with van der Waals surface area (Å²) in [4.78, 5) is 0. The minimum atomic E-state index is 0.134. The van der Waals surface area contributed by atoms with E-state index < -0.39 is 0 Å². The average molecular weight is 304 g/mol. The summed E-state index contributed by atoms with van der Waals surface area (Å²) in [6.45, 7) is 3.70. The summed E-state index contributed by atoms with van der Waals surface area (Å²) in [6.07, 6.45) is 4.94. The second-order valence-electron chi connectivity index (χ2n) is 3.64. The van der Waals surface area contributed by atoms with Crippen LogP contribution in [0.1, 0.15) is 30.9 Å². The normalized spacial score (nSPS) is 12.4. The van der Waals surface area contributed by atoms with Crippen LogP contribution in [0, 0.1) is 0 Å². The van der Waals surface area contributed by atoms with Crippen molar-refractivity contribution in [3.8, 4) is 0 Å². The van der Waals surface area contributed by atoms with Crippen molar-refractivity contribution in [1.82, 2.24) is 5.43 Å².